The van der Waals surface area contributed by atoms with Crippen molar-refractivity contribution >= 4 is 22.8 Å². The van der Waals surface area contributed by atoms with Crippen molar-refractivity contribution in [3.05, 3.63) is 88.3 Å². The second-order valence-electron chi connectivity index (χ2n) is 7.53. The topological polar surface area (TPSA) is 105 Å². The van der Waals surface area contributed by atoms with Crippen LogP contribution in [0.4, 0.5) is 4.79 Å². The number of cyclic esters (lactones) is 1. The minimum absolute atomic E-state index is 0.105. The van der Waals surface area contributed by atoms with E-state index < -0.39 is 24.1 Å². The Morgan fingerprint density at radius 3 is 2.59 bits per heavy atom. The molecule has 0 N–H and O–H groups in total. The molecular weight excluding hydrogens is 408 g/mol. The molecule has 3 aromatic carbocycles. The van der Waals surface area contributed by atoms with Gasteiger partial charge < -0.3 is 9.47 Å². The number of fused-ring (bicyclic) bond motifs is 1. The quantitative estimate of drug-likeness (QED) is 0.309. The molecule has 162 valence electrons. The number of hydrogen-bond donors (Lipinski definition) is 0. The third-order valence-corrected chi connectivity index (χ3v) is 5.60. The van der Waals surface area contributed by atoms with E-state index in [9.17, 15) is 9.59 Å². The Hall–Kier alpha value is -4.03. The highest BCUT2D eigenvalue weighted by Crippen LogP contribution is 2.30. The summed E-state index contributed by atoms with van der Waals surface area (Å²) >= 11 is 0. The summed E-state index contributed by atoms with van der Waals surface area (Å²) in [6.07, 6.45) is -0.101. The third kappa shape index (κ3) is 4.22. The molecule has 1 saturated heterocycles. The van der Waals surface area contributed by atoms with E-state index in [1.807, 2.05) is 66.7 Å². The molecule has 0 aromatic heterocycles. The number of amides is 2. The smallest absolute Gasteiger partial charge is 0.416 e. The number of hydrogen-bond acceptors (Lipinski definition) is 5. The van der Waals surface area contributed by atoms with Crippen molar-refractivity contribution in [3.63, 3.8) is 0 Å². The minimum Gasteiger partial charge on any atom is -0.496 e. The Labute approximate surface area is 185 Å². The molecule has 0 unspecified atom stereocenters. The van der Waals surface area contributed by atoms with E-state index in [-0.39, 0.29) is 13.0 Å². The lowest BCUT2D eigenvalue weighted by molar-refractivity contribution is -0.130. The summed E-state index contributed by atoms with van der Waals surface area (Å²) in [7, 11) is 1.60. The lowest BCUT2D eigenvalue weighted by Gasteiger charge is -2.23. The highest BCUT2D eigenvalue weighted by atomic mass is 16.6. The van der Waals surface area contributed by atoms with Crippen molar-refractivity contribution in [2.45, 2.75) is 24.9 Å². The van der Waals surface area contributed by atoms with Gasteiger partial charge in [-0.25, -0.2) is 9.69 Å². The van der Waals surface area contributed by atoms with Gasteiger partial charge in [-0.15, -0.1) is 0 Å². The summed E-state index contributed by atoms with van der Waals surface area (Å²) < 4.78 is 10.6. The van der Waals surface area contributed by atoms with Crippen molar-refractivity contribution < 1.29 is 19.1 Å². The van der Waals surface area contributed by atoms with E-state index in [0.717, 1.165) is 26.8 Å². The van der Waals surface area contributed by atoms with Crippen LogP contribution in [0.3, 0.4) is 0 Å². The fourth-order valence-electron chi connectivity index (χ4n) is 4.07. The molecule has 1 heterocycles. The van der Waals surface area contributed by atoms with E-state index in [1.54, 1.807) is 7.11 Å². The van der Waals surface area contributed by atoms with Crippen LogP contribution < -0.4 is 4.74 Å². The maximum absolute atomic E-state index is 13.3. The zero-order valence-electron chi connectivity index (χ0n) is 17.5. The summed E-state index contributed by atoms with van der Waals surface area (Å²) in [5.41, 5.74) is 10.9. The molecule has 1 aliphatic rings. The van der Waals surface area contributed by atoms with Crippen molar-refractivity contribution in [3.8, 4) is 5.75 Å². The SMILES string of the molecule is COc1ccc(C[C@H](N=[N+]=[N-])C(=O)N2C(=O)OC[C@@H]2Cc2ccccc2)c2ccccc12. The fourth-order valence-corrected chi connectivity index (χ4v) is 4.07. The largest absolute Gasteiger partial charge is 0.496 e. The van der Waals surface area contributed by atoms with Crippen LogP contribution in [0.2, 0.25) is 0 Å². The third-order valence-electron chi connectivity index (χ3n) is 5.60. The van der Waals surface area contributed by atoms with Crippen LogP contribution in [0.5, 0.6) is 5.75 Å². The van der Waals surface area contributed by atoms with Crippen LogP contribution in [0.15, 0.2) is 71.8 Å². The highest BCUT2D eigenvalue weighted by molar-refractivity contribution is 5.97. The maximum Gasteiger partial charge on any atom is 0.416 e. The van der Waals surface area contributed by atoms with Crippen LogP contribution >= 0.6 is 0 Å². The predicted octanol–water partition coefficient (Wildman–Crippen LogP) is 4.66. The molecule has 8 heteroatoms. The van der Waals surface area contributed by atoms with E-state index >= 15 is 0 Å². The van der Waals surface area contributed by atoms with Gasteiger partial charge in [-0.3, -0.25) is 4.79 Å². The molecule has 32 heavy (non-hydrogen) atoms. The molecular formula is C24H22N4O4. The lowest BCUT2D eigenvalue weighted by atomic mass is 9.97. The monoisotopic (exact) mass is 430 g/mol. The van der Waals surface area contributed by atoms with Gasteiger partial charge in [0.25, 0.3) is 0 Å². The molecule has 0 radical (unpaired) electrons. The molecule has 0 aliphatic carbocycles. The van der Waals surface area contributed by atoms with Gasteiger partial charge in [0.15, 0.2) is 0 Å². The average Bonchev–Trinajstić information content (AvgIpc) is 3.18. The van der Waals surface area contributed by atoms with E-state index in [4.69, 9.17) is 15.0 Å². The first-order valence-electron chi connectivity index (χ1n) is 10.2. The first-order valence-corrected chi connectivity index (χ1v) is 10.2. The molecule has 1 aliphatic heterocycles. The molecule has 0 spiro atoms. The number of imide groups is 1. The Morgan fingerprint density at radius 2 is 1.88 bits per heavy atom. The van der Waals surface area contributed by atoms with Crippen molar-refractivity contribution in [2.75, 3.05) is 13.7 Å². The van der Waals surface area contributed by atoms with Crippen LogP contribution in [0.25, 0.3) is 21.2 Å². The fraction of sp³-hybridized carbons (Fsp3) is 0.250. The minimum atomic E-state index is -1.08. The number of carbonyl (C=O) groups is 2. The highest BCUT2D eigenvalue weighted by Gasteiger charge is 2.40. The standard InChI is InChI=1S/C24H22N4O4/c1-31-22-12-11-17(19-9-5-6-10-20(19)22)14-21(26-27-25)23(29)28-18(15-32-24(28)30)13-16-7-3-2-4-8-16/h2-12,18,21H,13-15H2,1H3/t18-,21-/m0/s1. The normalized spacial score (nSPS) is 16.3. The molecule has 3 aromatic rings. The second-order valence-corrected chi connectivity index (χ2v) is 7.53. The summed E-state index contributed by atoms with van der Waals surface area (Å²) in [5, 5.41) is 5.52. The number of rotatable bonds is 7. The number of carbonyl (C=O) groups excluding carboxylic acids is 2. The van der Waals surface area contributed by atoms with Crippen LogP contribution in [-0.2, 0) is 22.4 Å². The zero-order chi connectivity index (χ0) is 22.5. The molecule has 2 atom stereocenters. The van der Waals surface area contributed by atoms with Gasteiger partial charge in [0.05, 0.1) is 13.2 Å². The molecule has 0 saturated carbocycles. The number of azide groups is 1. The molecule has 2 amide bonds. The number of ether oxygens (including phenoxy) is 2. The van der Waals surface area contributed by atoms with E-state index in [2.05, 4.69) is 10.0 Å². The van der Waals surface area contributed by atoms with Gasteiger partial charge in [-0.1, -0.05) is 65.8 Å². The van der Waals surface area contributed by atoms with Gasteiger partial charge >= 0.3 is 6.09 Å². The van der Waals surface area contributed by atoms with Gasteiger partial charge in [0.2, 0.25) is 5.91 Å². The Morgan fingerprint density at radius 1 is 1.16 bits per heavy atom. The van der Waals surface area contributed by atoms with Gasteiger partial charge in [0, 0.05) is 10.3 Å². The zero-order valence-corrected chi connectivity index (χ0v) is 17.5. The summed E-state index contributed by atoms with van der Waals surface area (Å²) in [6, 6.07) is 19.3. The number of methoxy groups -OCH3 is 1. The summed E-state index contributed by atoms with van der Waals surface area (Å²) in [6.45, 7) is 0.105. The maximum atomic E-state index is 13.3. The predicted molar refractivity (Wildman–Crippen MR) is 119 cm³/mol. The van der Waals surface area contributed by atoms with Crippen molar-refractivity contribution in [1.29, 1.82) is 0 Å². The van der Waals surface area contributed by atoms with Gasteiger partial charge in [0.1, 0.15) is 18.4 Å². The van der Waals surface area contributed by atoms with Crippen LogP contribution in [0, 0.1) is 0 Å². The molecule has 0 bridgehead atoms. The van der Waals surface area contributed by atoms with Crippen molar-refractivity contribution in [2.24, 2.45) is 5.11 Å². The first-order chi connectivity index (χ1) is 15.6. The van der Waals surface area contributed by atoms with Crippen LogP contribution in [0.1, 0.15) is 11.1 Å². The Bertz CT molecular complexity index is 1190. The summed E-state index contributed by atoms with van der Waals surface area (Å²) in [5.74, 6) is 0.146. The second kappa shape index (κ2) is 9.41. The molecule has 4 rings (SSSR count). The van der Waals surface area contributed by atoms with E-state index in [0.29, 0.717) is 12.2 Å². The lowest BCUT2D eigenvalue weighted by Crippen LogP contribution is -2.45. The van der Waals surface area contributed by atoms with Gasteiger partial charge in [-0.05, 0) is 41.0 Å². The van der Waals surface area contributed by atoms with Gasteiger partial charge in [-0.2, -0.15) is 0 Å². The number of nitrogens with zero attached hydrogens (tertiary/aromatic N) is 4. The van der Waals surface area contributed by atoms with Crippen molar-refractivity contribution in [1.82, 2.24) is 4.90 Å². The molecule has 8 nitrogen and oxygen atoms in total. The number of benzene rings is 3. The Balaban J connectivity index is 1.62. The van der Waals surface area contributed by atoms with E-state index in [1.165, 1.54) is 0 Å². The molecule has 1 fully saturated rings. The first kappa shape index (κ1) is 21.2. The summed E-state index contributed by atoms with van der Waals surface area (Å²) in [4.78, 5) is 29.7. The van der Waals surface area contributed by atoms with Crippen LogP contribution in [-0.4, -0.2) is 42.7 Å². The average molecular weight is 430 g/mol. The Kier molecular flexibility index (Phi) is 6.24.